The third-order valence-corrected chi connectivity index (χ3v) is 4.69. The van der Waals surface area contributed by atoms with Crippen LogP contribution in [0.3, 0.4) is 0 Å². The van der Waals surface area contributed by atoms with Gasteiger partial charge in [-0.15, -0.1) is 0 Å². The van der Waals surface area contributed by atoms with Gasteiger partial charge in [0.1, 0.15) is 17.1 Å². The van der Waals surface area contributed by atoms with E-state index in [2.05, 4.69) is 5.32 Å². The van der Waals surface area contributed by atoms with Crippen LogP contribution in [0.5, 0.6) is 11.5 Å². The fourth-order valence-corrected chi connectivity index (χ4v) is 3.35. The van der Waals surface area contributed by atoms with Crippen LogP contribution in [0.1, 0.15) is 37.4 Å². The molecular weight excluding hydrogens is 338 g/mol. The molecule has 0 saturated heterocycles. The molecule has 0 saturated carbocycles. The Bertz CT molecular complexity index is 788. The van der Waals surface area contributed by atoms with E-state index >= 15 is 0 Å². The van der Waals surface area contributed by atoms with Gasteiger partial charge in [-0.05, 0) is 43.7 Å². The summed E-state index contributed by atoms with van der Waals surface area (Å²) >= 11 is 6.16. The number of amides is 1. The molecule has 1 heterocycles. The molecule has 0 aromatic heterocycles. The highest BCUT2D eigenvalue weighted by molar-refractivity contribution is 6.31. The van der Waals surface area contributed by atoms with E-state index in [9.17, 15) is 4.79 Å². The normalized spacial score (nSPS) is 18.0. The molecule has 1 aliphatic heterocycles. The molecule has 0 spiro atoms. The maximum absolute atomic E-state index is 12.6. The van der Waals surface area contributed by atoms with Crippen LogP contribution in [0.15, 0.2) is 42.5 Å². The molecule has 5 heteroatoms. The number of rotatable bonds is 4. The summed E-state index contributed by atoms with van der Waals surface area (Å²) in [5, 5.41) is 3.73. The van der Waals surface area contributed by atoms with Crippen LogP contribution in [0.4, 0.5) is 0 Å². The number of hydrogen-bond donors (Lipinski definition) is 1. The number of halogens is 1. The number of methoxy groups -OCH3 is 1. The van der Waals surface area contributed by atoms with Crippen molar-refractivity contribution in [3.05, 3.63) is 58.6 Å². The van der Waals surface area contributed by atoms with E-state index in [0.717, 1.165) is 22.6 Å². The first-order valence-corrected chi connectivity index (χ1v) is 8.65. The van der Waals surface area contributed by atoms with Gasteiger partial charge >= 0.3 is 0 Å². The molecule has 1 atom stereocenters. The Hall–Kier alpha value is -2.20. The van der Waals surface area contributed by atoms with E-state index in [0.29, 0.717) is 11.4 Å². The highest BCUT2D eigenvalue weighted by Gasteiger charge is 2.34. The monoisotopic (exact) mass is 359 g/mol. The van der Waals surface area contributed by atoms with Crippen LogP contribution in [-0.2, 0) is 11.2 Å². The maximum atomic E-state index is 12.6. The maximum Gasteiger partial charge on any atom is 0.224 e. The minimum absolute atomic E-state index is 0.0652. The van der Waals surface area contributed by atoms with Gasteiger partial charge in [0.15, 0.2) is 0 Å². The van der Waals surface area contributed by atoms with Crippen LogP contribution in [0.2, 0.25) is 5.02 Å². The van der Waals surface area contributed by atoms with E-state index < -0.39 is 0 Å². The summed E-state index contributed by atoms with van der Waals surface area (Å²) < 4.78 is 11.4. The molecule has 0 bridgehead atoms. The molecule has 25 heavy (non-hydrogen) atoms. The third kappa shape index (κ3) is 4.07. The largest absolute Gasteiger partial charge is 0.497 e. The number of fused-ring (bicyclic) bond motifs is 1. The van der Waals surface area contributed by atoms with E-state index in [1.165, 1.54) is 0 Å². The van der Waals surface area contributed by atoms with Crippen LogP contribution in [0.25, 0.3) is 0 Å². The summed E-state index contributed by atoms with van der Waals surface area (Å²) in [5.74, 6) is 1.46. The second-order valence-electron chi connectivity index (χ2n) is 6.86. The van der Waals surface area contributed by atoms with Gasteiger partial charge in [0.25, 0.3) is 0 Å². The quantitative estimate of drug-likeness (QED) is 0.884. The molecule has 0 radical (unpaired) electrons. The van der Waals surface area contributed by atoms with Gasteiger partial charge in [-0.2, -0.15) is 0 Å². The smallest absolute Gasteiger partial charge is 0.224 e. The second kappa shape index (κ2) is 6.96. The SMILES string of the molecule is COc1ccc2c(c1)C(NC(=O)Cc1ccccc1Cl)CC(C)(C)O2. The van der Waals surface area contributed by atoms with E-state index in [1.54, 1.807) is 13.2 Å². The average molecular weight is 360 g/mol. The molecule has 2 aromatic carbocycles. The lowest BCUT2D eigenvalue weighted by Crippen LogP contribution is -2.41. The van der Waals surface area contributed by atoms with Crippen molar-refractivity contribution in [2.45, 2.75) is 38.3 Å². The van der Waals surface area contributed by atoms with Gasteiger partial charge < -0.3 is 14.8 Å². The first kappa shape index (κ1) is 17.6. The van der Waals surface area contributed by atoms with Crippen LogP contribution < -0.4 is 14.8 Å². The number of carbonyl (C=O) groups excluding carboxylic acids is 1. The predicted octanol–water partition coefficient (Wildman–Crippen LogP) is 4.31. The van der Waals surface area contributed by atoms with Crippen LogP contribution in [-0.4, -0.2) is 18.6 Å². The molecule has 1 amide bonds. The Morgan fingerprint density at radius 3 is 2.80 bits per heavy atom. The number of carbonyl (C=O) groups is 1. The Labute approximate surface area is 153 Å². The zero-order valence-electron chi connectivity index (χ0n) is 14.6. The minimum atomic E-state index is -0.357. The summed E-state index contributed by atoms with van der Waals surface area (Å²) in [6.07, 6.45) is 0.929. The van der Waals surface area contributed by atoms with Crippen molar-refractivity contribution in [3.63, 3.8) is 0 Å². The Balaban J connectivity index is 1.82. The van der Waals surface area contributed by atoms with Crippen molar-refractivity contribution in [3.8, 4) is 11.5 Å². The van der Waals surface area contributed by atoms with Crippen LogP contribution >= 0.6 is 11.6 Å². The van der Waals surface area contributed by atoms with E-state index in [1.807, 2.05) is 50.2 Å². The van der Waals surface area contributed by atoms with Gasteiger partial charge in [0.2, 0.25) is 5.91 Å². The molecule has 1 N–H and O–H groups in total. The molecule has 1 unspecified atom stereocenters. The Morgan fingerprint density at radius 1 is 1.32 bits per heavy atom. The topological polar surface area (TPSA) is 47.6 Å². The zero-order chi connectivity index (χ0) is 18.0. The first-order valence-electron chi connectivity index (χ1n) is 8.28. The second-order valence-corrected chi connectivity index (χ2v) is 7.27. The summed E-state index contributed by atoms with van der Waals surface area (Å²) in [5.41, 5.74) is 1.40. The van der Waals surface area contributed by atoms with Gasteiger partial charge in [-0.1, -0.05) is 29.8 Å². The third-order valence-electron chi connectivity index (χ3n) is 4.32. The lowest BCUT2D eigenvalue weighted by Gasteiger charge is -2.38. The number of nitrogens with one attached hydrogen (secondary N) is 1. The summed E-state index contributed by atoms with van der Waals surface area (Å²) in [4.78, 5) is 12.6. The van der Waals surface area contributed by atoms with Gasteiger partial charge in [-0.3, -0.25) is 4.79 Å². The molecule has 4 nitrogen and oxygen atoms in total. The number of ether oxygens (including phenoxy) is 2. The molecule has 0 aliphatic carbocycles. The van der Waals surface area contributed by atoms with Gasteiger partial charge in [0, 0.05) is 17.0 Å². The molecule has 1 aliphatic rings. The lowest BCUT2D eigenvalue weighted by atomic mass is 9.89. The molecule has 0 fully saturated rings. The molecule has 2 aromatic rings. The highest BCUT2D eigenvalue weighted by atomic mass is 35.5. The minimum Gasteiger partial charge on any atom is -0.497 e. The zero-order valence-corrected chi connectivity index (χ0v) is 15.4. The van der Waals surface area contributed by atoms with Crippen molar-refractivity contribution in [2.75, 3.05) is 7.11 Å². The summed E-state index contributed by atoms with van der Waals surface area (Å²) in [7, 11) is 1.63. The fourth-order valence-electron chi connectivity index (χ4n) is 3.15. The fraction of sp³-hybridized carbons (Fsp3) is 0.350. The standard InChI is InChI=1S/C20H22ClNO3/c1-20(2)12-17(15-11-14(24-3)8-9-18(15)25-20)22-19(23)10-13-6-4-5-7-16(13)21/h4-9,11,17H,10,12H2,1-3H3,(H,22,23). The van der Waals surface area contributed by atoms with Gasteiger partial charge in [-0.25, -0.2) is 0 Å². The van der Waals surface area contributed by atoms with Crippen molar-refractivity contribution in [1.82, 2.24) is 5.32 Å². The van der Waals surface area contributed by atoms with Crippen molar-refractivity contribution >= 4 is 17.5 Å². The van der Waals surface area contributed by atoms with Crippen LogP contribution in [0, 0.1) is 0 Å². The molecule has 132 valence electrons. The highest BCUT2D eigenvalue weighted by Crippen LogP contribution is 2.41. The number of benzene rings is 2. The van der Waals surface area contributed by atoms with Crippen molar-refractivity contribution < 1.29 is 14.3 Å². The average Bonchev–Trinajstić information content (AvgIpc) is 2.55. The van der Waals surface area contributed by atoms with Crippen molar-refractivity contribution in [1.29, 1.82) is 0 Å². The number of hydrogen-bond acceptors (Lipinski definition) is 3. The lowest BCUT2D eigenvalue weighted by molar-refractivity contribution is -0.121. The molecular formula is C20H22ClNO3. The van der Waals surface area contributed by atoms with Crippen molar-refractivity contribution in [2.24, 2.45) is 0 Å². The van der Waals surface area contributed by atoms with E-state index in [4.69, 9.17) is 21.1 Å². The molecule has 3 rings (SSSR count). The summed E-state index contributed by atoms with van der Waals surface area (Å²) in [6.45, 7) is 4.04. The summed E-state index contributed by atoms with van der Waals surface area (Å²) in [6, 6.07) is 12.9. The first-order chi connectivity index (χ1) is 11.9. The predicted molar refractivity (Wildman–Crippen MR) is 98.4 cm³/mol. The van der Waals surface area contributed by atoms with E-state index in [-0.39, 0.29) is 24.0 Å². The Morgan fingerprint density at radius 2 is 2.08 bits per heavy atom. The Kier molecular flexibility index (Phi) is 4.91. The van der Waals surface area contributed by atoms with Gasteiger partial charge in [0.05, 0.1) is 19.6 Å².